The Bertz CT molecular complexity index is 288. The number of thioether (sulfide) groups is 1. The summed E-state index contributed by atoms with van der Waals surface area (Å²) in [6.45, 7) is 11.1. The van der Waals surface area contributed by atoms with Gasteiger partial charge in [-0.2, -0.15) is 11.8 Å². The van der Waals surface area contributed by atoms with E-state index in [0.29, 0.717) is 0 Å². The van der Waals surface area contributed by atoms with Crippen LogP contribution >= 0.6 is 11.8 Å². The van der Waals surface area contributed by atoms with Crippen molar-refractivity contribution in [2.75, 3.05) is 51.3 Å². The van der Waals surface area contributed by atoms with Gasteiger partial charge in [-0.25, -0.2) is 0 Å². The molecule has 1 rings (SSSR count). The average Bonchev–Trinajstić information content (AvgIpc) is 2.55. The van der Waals surface area contributed by atoms with E-state index in [-0.39, 0.29) is 0 Å². The fourth-order valence-corrected chi connectivity index (χ4v) is 3.37. The number of aliphatic imine (C=N–C) groups is 1. The minimum atomic E-state index is 0.889. The third-order valence-corrected chi connectivity index (χ3v) is 5.07. The molecule has 4 nitrogen and oxygen atoms in total. The summed E-state index contributed by atoms with van der Waals surface area (Å²) in [4.78, 5) is 7.23. The van der Waals surface area contributed by atoms with Crippen LogP contribution in [0.1, 0.15) is 46.0 Å². The first-order valence-corrected chi connectivity index (χ1v) is 10.4. The average molecular weight is 329 g/mol. The number of unbranched alkanes of at least 4 members (excludes halogenated alkanes) is 1. The summed E-state index contributed by atoms with van der Waals surface area (Å²) in [5.41, 5.74) is 0. The van der Waals surface area contributed by atoms with Gasteiger partial charge in [-0.1, -0.05) is 6.92 Å². The lowest BCUT2D eigenvalue weighted by atomic mass is 9.93. The molecule has 0 spiro atoms. The number of hydrogen-bond acceptors (Lipinski definition) is 3. The van der Waals surface area contributed by atoms with E-state index in [0.717, 1.165) is 31.5 Å². The van der Waals surface area contributed by atoms with E-state index in [1.165, 1.54) is 57.5 Å². The highest BCUT2D eigenvalue weighted by atomic mass is 32.2. The summed E-state index contributed by atoms with van der Waals surface area (Å²) in [6, 6.07) is 0. The number of hydrogen-bond donors (Lipinski definition) is 2. The molecular formula is C17H36N4S. The molecule has 0 radical (unpaired) electrons. The summed E-state index contributed by atoms with van der Waals surface area (Å²) in [6.07, 6.45) is 8.61. The van der Waals surface area contributed by atoms with Gasteiger partial charge in [0.15, 0.2) is 5.96 Å². The Morgan fingerprint density at radius 3 is 2.59 bits per heavy atom. The van der Waals surface area contributed by atoms with Crippen molar-refractivity contribution in [3.63, 3.8) is 0 Å². The van der Waals surface area contributed by atoms with Gasteiger partial charge < -0.3 is 15.5 Å². The zero-order chi connectivity index (χ0) is 16.0. The SMILES string of the molecule is CCNC(=NCCCCSC)NCCC1CCN(CC)CC1. The lowest BCUT2D eigenvalue weighted by molar-refractivity contribution is 0.187. The first kappa shape index (κ1) is 19.6. The largest absolute Gasteiger partial charge is 0.357 e. The molecule has 0 amide bonds. The lowest BCUT2D eigenvalue weighted by Gasteiger charge is -2.31. The van der Waals surface area contributed by atoms with Crippen LogP contribution in [0.3, 0.4) is 0 Å². The molecule has 130 valence electrons. The van der Waals surface area contributed by atoms with Gasteiger partial charge in [0.25, 0.3) is 0 Å². The minimum Gasteiger partial charge on any atom is -0.357 e. The van der Waals surface area contributed by atoms with Crippen LogP contribution in [0.15, 0.2) is 4.99 Å². The predicted molar refractivity (Wildman–Crippen MR) is 101 cm³/mol. The molecule has 1 aliphatic heterocycles. The number of likely N-dealkylation sites (tertiary alicyclic amines) is 1. The van der Waals surface area contributed by atoms with Crippen LogP contribution in [0.4, 0.5) is 0 Å². The van der Waals surface area contributed by atoms with Crippen LogP contribution in [0.25, 0.3) is 0 Å². The quantitative estimate of drug-likeness (QED) is 0.367. The molecule has 0 aromatic rings. The highest BCUT2D eigenvalue weighted by molar-refractivity contribution is 7.98. The molecule has 5 heteroatoms. The van der Waals surface area contributed by atoms with Crippen molar-refractivity contribution in [3.8, 4) is 0 Å². The predicted octanol–water partition coefficient (Wildman–Crippen LogP) is 2.81. The van der Waals surface area contributed by atoms with E-state index in [4.69, 9.17) is 0 Å². The monoisotopic (exact) mass is 328 g/mol. The molecule has 1 heterocycles. The van der Waals surface area contributed by atoms with Gasteiger partial charge in [-0.05, 0) is 76.6 Å². The van der Waals surface area contributed by atoms with Crippen LogP contribution in [-0.2, 0) is 0 Å². The fraction of sp³-hybridized carbons (Fsp3) is 0.941. The van der Waals surface area contributed by atoms with E-state index in [1.807, 2.05) is 11.8 Å². The molecule has 1 saturated heterocycles. The number of nitrogens with one attached hydrogen (secondary N) is 2. The van der Waals surface area contributed by atoms with Crippen molar-refractivity contribution in [2.45, 2.75) is 46.0 Å². The number of piperidine rings is 1. The van der Waals surface area contributed by atoms with Crippen LogP contribution in [0.2, 0.25) is 0 Å². The minimum absolute atomic E-state index is 0.889. The third-order valence-electron chi connectivity index (χ3n) is 4.37. The van der Waals surface area contributed by atoms with E-state index >= 15 is 0 Å². The zero-order valence-corrected chi connectivity index (χ0v) is 15.7. The van der Waals surface area contributed by atoms with Crippen LogP contribution < -0.4 is 10.6 Å². The topological polar surface area (TPSA) is 39.7 Å². The number of nitrogens with zero attached hydrogens (tertiary/aromatic N) is 2. The molecule has 2 N–H and O–H groups in total. The van der Waals surface area contributed by atoms with Crippen LogP contribution in [0, 0.1) is 5.92 Å². The fourth-order valence-electron chi connectivity index (χ4n) is 2.88. The Hall–Kier alpha value is -0.420. The van der Waals surface area contributed by atoms with E-state index in [2.05, 4.69) is 40.6 Å². The van der Waals surface area contributed by atoms with E-state index in [9.17, 15) is 0 Å². The highest BCUT2D eigenvalue weighted by Gasteiger charge is 2.17. The molecule has 22 heavy (non-hydrogen) atoms. The first-order valence-electron chi connectivity index (χ1n) is 9.03. The second kappa shape index (κ2) is 13.1. The van der Waals surface area contributed by atoms with Gasteiger partial charge in [-0.15, -0.1) is 0 Å². The number of guanidine groups is 1. The van der Waals surface area contributed by atoms with Crippen molar-refractivity contribution < 1.29 is 0 Å². The standard InChI is InChI=1S/C17H36N4S/c1-4-18-17(19-11-6-7-15-22-3)20-12-8-16-9-13-21(5-2)14-10-16/h16H,4-15H2,1-3H3,(H2,18,19,20). The Kier molecular flexibility index (Phi) is 11.6. The van der Waals surface area contributed by atoms with E-state index < -0.39 is 0 Å². The normalized spacial score (nSPS) is 17.7. The summed E-state index contributed by atoms with van der Waals surface area (Å²) in [5, 5.41) is 6.86. The summed E-state index contributed by atoms with van der Waals surface area (Å²) < 4.78 is 0. The second-order valence-corrected chi connectivity index (χ2v) is 7.04. The highest BCUT2D eigenvalue weighted by Crippen LogP contribution is 2.19. The molecule has 1 fully saturated rings. The maximum Gasteiger partial charge on any atom is 0.191 e. The molecule has 0 saturated carbocycles. The van der Waals surface area contributed by atoms with Gasteiger partial charge in [0.2, 0.25) is 0 Å². The molecule has 0 aromatic heterocycles. The summed E-state index contributed by atoms with van der Waals surface area (Å²) in [5.74, 6) is 3.13. The first-order chi connectivity index (χ1) is 10.8. The van der Waals surface area contributed by atoms with Crippen molar-refractivity contribution in [1.29, 1.82) is 0 Å². The lowest BCUT2D eigenvalue weighted by Crippen LogP contribution is -2.39. The van der Waals surface area contributed by atoms with Gasteiger partial charge in [-0.3, -0.25) is 4.99 Å². The van der Waals surface area contributed by atoms with Crippen LogP contribution in [-0.4, -0.2) is 62.1 Å². The molecule has 1 aliphatic rings. The van der Waals surface area contributed by atoms with Crippen molar-refractivity contribution in [1.82, 2.24) is 15.5 Å². The maximum absolute atomic E-state index is 4.67. The smallest absolute Gasteiger partial charge is 0.191 e. The Morgan fingerprint density at radius 2 is 1.95 bits per heavy atom. The van der Waals surface area contributed by atoms with Gasteiger partial charge in [0.05, 0.1) is 0 Å². The van der Waals surface area contributed by atoms with Gasteiger partial charge >= 0.3 is 0 Å². The van der Waals surface area contributed by atoms with Crippen LogP contribution in [0.5, 0.6) is 0 Å². The Balaban J connectivity index is 2.16. The molecule has 0 aliphatic carbocycles. The van der Waals surface area contributed by atoms with Crippen molar-refractivity contribution in [3.05, 3.63) is 0 Å². The van der Waals surface area contributed by atoms with Gasteiger partial charge in [0, 0.05) is 19.6 Å². The Labute approximate surface area is 141 Å². The molecule has 0 aromatic carbocycles. The second-order valence-electron chi connectivity index (χ2n) is 6.05. The van der Waals surface area contributed by atoms with E-state index in [1.54, 1.807) is 0 Å². The molecule has 0 atom stereocenters. The van der Waals surface area contributed by atoms with Crippen molar-refractivity contribution >= 4 is 17.7 Å². The third kappa shape index (κ3) is 8.89. The molecule has 0 bridgehead atoms. The molecule has 0 unspecified atom stereocenters. The zero-order valence-electron chi connectivity index (χ0n) is 14.9. The summed E-state index contributed by atoms with van der Waals surface area (Å²) >= 11 is 1.92. The Morgan fingerprint density at radius 1 is 1.18 bits per heavy atom. The maximum atomic E-state index is 4.67. The number of rotatable bonds is 10. The summed E-state index contributed by atoms with van der Waals surface area (Å²) in [7, 11) is 0. The van der Waals surface area contributed by atoms with Gasteiger partial charge in [0.1, 0.15) is 0 Å². The van der Waals surface area contributed by atoms with Crippen molar-refractivity contribution in [2.24, 2.45) is 10.9 Å². The molecular weight excluding hydrogens is 292 g/mol.